The molecule has 0 aromatic heterocycles. The molecule has 3 rings (SSSR count). The second-order valence-corrected chi connectivity index (χ2v) is 6.94. The average molecular weight is 382 g/mol. The fraction of sp³-hybridized carbons (Fsp3) is 0.471. The number of benzene rings is 1. The van der Waals surface area contributed by atoms with Gasteiger partial charge in [0.05, 0.1) is 7.11 Å². The van der Waals surface area contributed by atoms with Crippen LogP contribution in [0.5, 0.6) is 0 Å². The third-order valence-corrected chi connectivity index (χ3v) is 5.67. The Morgan fingerprint density at radius 1 is 1.30 bits per heavy atom. The van der Waals surface area contributed by atoms with Gasteiger partial charge in [0.1, 0.15) is 5.57 Å². The minimum Gasteiger partial charge on any atom is -0.507 e. The molecule has 2 aliphatic rings. The summed E-state index contributed by atoms with van der Waals surface area (Å²) in [4.78, 5) is 17.7. The highest BCUT2D eigenvalue weighted by atomic mass is 79.9. The van der Waals surface area contributed by atoms with Crippen LogP contribution in [-0.2, 0) is 14.4 Å². The summed E-state index contributed by atoms with van der Waals surface area (Å²) in [5, 5.41) is 12.7. The molecular formula is C17H20BrNO4. The number of aliphatic hydroxyl groups excluding tert-OH is 1. The summed E-state index contributed by atoms with van der Waals surface area (Å²) in [5.41, 5.74) is 2.01. The lowest BCUT2D eigenvalue weighted by molar-refractivity contribution is -0.182. The van der Waals surface area contributed by atoms with E-state index in [4.69, 9.17) is 9.57 Å². The maximum atomic E-state index is 12.5. The number of piperidine rings is 1. The van der Waals surface area contributed by atoms with Crippen molar-refractivity contribution in [2.75, 3.05) is 20.2 Å². The standard InChI is InChI=1S/C17H20BrNO4/c1-10-4-5-12(18)11(2)13(10)14-15(20)17(23-16(14)21)6-8-19(22-3)9-7-17/h4-5,20H,6-9H2,1-3H3. The number of carbonyl (C=O) groups is 1. The summed E-state index contributed by atoms with van der Waals surface area (Å²) in [7, 11) is 1.62. The van der Waals surface area contributed by atoms with Crippen LogP contribution in [-0.4, -0.2) is 41.9 Å². The van der Waals surface area contributed by atoms with Gasteiger partial charge < -0.3 is 14.7 Å². The lowest BCUT2D eigenvalue weighted by Gasteiger charge is -2.36. The Balaban J connectivity index is 2.06. The first-order chi connectivity index (χ1) is 10.9. The predicted octanol–water partition coefficient (Wildman–Crippen LogP) is 3.29. The van der Waals surface area contributed by atoms with E-state index in [0.717, 1.165) is 21.2 Å². The largest absolute Gasteiger partial charge is 0.507 e. The number of halogens is 1. The molecule has 2 heterocycles. The minimum atomic E-state index is -0.914. The van der Waals surface area contributed by atoms with Gasteiger partial charge >= 0.3 is 5.97 Å². The smallest absolute Gasteiger partial charge is 0.343 e. The summed E-state index contributed by atoms with van der Waals surface area (Å²) in [6.45, 7) is 5.08. The summed E-state index contributed by atoms with van der Waals surface area (Å²) in [6, 6.07) is 3.87. The zero-order valence-corrected chi connectivity index (χ0v) is 15.1. The number of carbonyl (C=O) groups excluding carboxylic acids is 1. The molecular weight excluding hydrogens is 362 g/mol. The van der Waals surface area contributed by atoms with E-state index in [0.29, 0.717) is 31.5 Å². The van der Waals surface area contributed by atoms with E-state index in [2.05, 4.69) is 15.9 Å². The van der Waals surface area contributed by atoms with E-state index >= 15 is 0 Å². The van der Waals surface area contributed by atoms with Gasteiger partial charge in [-0.3, -0.25) is 0 Å². The quantitative estimate of drug-likeness (QED) is 0.796. The van der Waals surface area contributed by atoms with Crippen LogP contribution in [0.25, 0.3) is 5.57 Å². The number of hydrogen-bond donors (Lipinski definition) is 1. The van der Waals surface area contributed by atoms with Crippen molar-refractivity contribution in [2.24, 2.45) is 0 Å². The summed E-state index contributed by atoms with van der Waals surface area (Å²) in [6.07, 6.45) is 1.04. The second kappa shape index (κ2) is 5.92. The average Bonchev–Trinajstić information content (AvgIpc) is 2.77. The molecule has 2 aliphatic heterocycles. The highest BCUT2D eigenvalue weighted by Crippen LogP contribution is 2.44. The maximum absolute atomic E-state index is 12.5. The van der Waals surface area contributed by atoms with E-state index in [1.54, 1.807) is 12.2 Å². The minimum absolute atomic E-state index is 0.0579. The molecule has 6 heteroatoms. The number of aliphatic hydroxyl groups is 1. The number of nitrogens with zero attached hydrogens (tertiary/aromatic N) is 1. The van der Waals surface area contributed by atoms with Crippen LogP contribution in [0.15, 0.2) is 22.4 Å². The fourth-order valence-corrected chi connectivity index (χ4v) is 3.73. The third kappa shape index (κ3) is 2.58. The Morgan fingerprint density at radius 2 is 1.96 bits per heavy atom. The van der Waals surface area contributed by atoms with Crippen LogP contribution in [0.1, 0.15) is 29.5 Å². The molecule has 1 fully saturated rings. The van der Waals surface area contributed by atoms with Gasteiger partial charge in [-0.25, -0.2) is 4.79 Å². The Bertz CT molecular complexity index is 690. The summed E-state index contributed by atoms with van der Waals surface area (Å²) < 4.78 is 6.56. The molecule has 1 aromatic carbocycles. The van der Waals surface area contributed by atoms with Crippen LogP contribution >= 0.6 is 15.9 Å². The molecule has 124 valence electrons. The van der Waals surface area contributed by atoms with Crippen LogP contribution in [0.3, 0.4) is 0 Å². The molecule has 0 atom stereocenters. The van der Waals surface area contributed by atoms with E-state index in [1.165, 1.54) is 0 Å². The van der Waals surface area contributed by atoms with Gasteiger partial charge in [-0.1, -0.05) is 22.0 Å². The molecule has 1 aromatic rings. The Kier molecular flexibility index (Phi) is 4.25. The third-order valence-electron chi connectivity index (χ3n) is 4.81. The van der Waals surface area contributed by atoms with Crippen LogP contribution in [0.4, 0.5) is 0 Å². The van der Waals surface area contributed by atoms with Gasteiger partial charge in [0.25, 0.3) is 0 Å². The highest BCUT2D eigenvalue weighted by Gasteiger charge is 2.50. The van der Waals surface area contributed by atoms with Crippen LogP contribution in [0.2, 0.25) is 0 Å². The SMILES string of the molecule is CON1CCC2(CC1)OC(=O)C(c1c(C)ccc(Br)c1C)=C2O. The first-order valence-electron chi connectivity index (χ1n) is 7.62. The summed E-state index contributed by atoms with van der Waals surface area (Å²) >= 11 is 3.49. The van der Waals surface area contributed by atoms with Gasteiger partial charge in [-0.05, 0) is 36.6 Å². The number of esters is 1. The van der Waals surface area contributed by atoms with Crippen molar-refractivity contribution in [1.82, 2.24) is 5.06 Å². The normalized spacial score (nSPS) is 21.1. The van der Waals surface area contributed by atoms with Crippen LogP contribution in [0, 0.1) is 13.8 Å². The van der Waals surface area contributed by atoms with E-state index in [1.807, 2.05) is 26.0 Å². The zero-order chi connectivity index (χ0) is 16.8. The molecule has 23 heavy (non-hydrogen) atoms. The van der Waals surface area contributed by atoms with Crippen molar-refractivity contribution in [1.29, 1.82) is 0 Å². The summed E-state index contributed by atoms with van der Waals surface area (Å²) in [5.74, 6) is -0.389. The predicted molar refractivity (Wildman–Crippen MR) is 89.8 cm³/mol. The maximum Gasteiger partial charge on any atom is 0.343 e. The number of hydroxylamine groups is 2. The lowest BCUT2D eigenvalue weighted by Crippen LogP contribution is -2.45. The van der Waals surface area contributed by atoms with Crippen molar-refractivity contribution in [3.05, 3.63) is 39.1 Å². The number of hydrogen-bond acceptors (Lipinski definition) is 5. The Hall–Kier alpha value is -1.37. The number of rotatable bonds is 2. The molecule has 0 amide bonds. The lowest BCUT2D eigenvalue weighted by atomic mass is 9.86. The van der Waals surface area contributed by atoms with E-state index in [-0.39, 0.29) is 5.76 Å². The highest BCUT2D eigenvalue weighted by molar-refractivity contribution is 9.10. The first kappa shape index (κ1) is 16.5. The molecule has 0 aliphatic carbocycles. The topological polar surface area (TPSA) is 59.0 Å². The molecule has 0 bridgehead atoms. The Labute approximate surface area is 144 Å². The van der Waals surface area contributed by atoms with Gasteiger partial charge in [0, 0.05) is 30.4 Å². The molecule has 0 radical (unpaired) electrons. The molecule has 1 N–H and O–H groups in total. The van der Waals surface area contributed by atoms with Crippen molar-refractivity contribution in [3.63, 3.8) is 0 Å². The number of aryl methyl sites for hydroxylation is 1. The number of ether oxygens (including phenoxy) is 1. The molecule has 5 nitrogen and oxygen atoms in total. The fourth-order valence-electron chi connectivity index (χ4n) is 3.40. The zero-order valence-electron chi connectivity index (χ0n) is 13.5. The van der Waals surface area contributed by atoms with Gasteiger partial charge in [0.15, 0.2) is 11.4 Å². The van der Waals surface area contributed by atoms with Gasteiger partial charge in [-0.2, -0.15) is 5.06 Å². The van der Waals surface area contributed by atoms with Crippen molar-refractivity contribution in [2.45, 2.75) is 32.3 Å². The van der Waals surface area contributed by atoms with E-state index < -0.39 is 11.6 Å². The second-order valence-electron chi connectivity index (χ2n) is 6.08. The van der Waals surface area contributed by atoms with Crippen molar-refractivity contribution < 1.29 is 19.5 Å². The first-order valence-corrected chi connectivity index (χ1v) is 8.41. The molecule has 1 spiro atoms. The molecule has 0 saturated carbocycles. The molecule has 0 unspecified atom stereocenters. The monoisotopic (exact) mass is 381 g/mol. The van der Waals surface area contributed by atoms with E-state index in [9.17, 15) is 9.90 Å². The van der Waals surface area contributed by atoms with Crippen molar-refractivity contribution >= 4 is 27.5 Å². The Morgan fingerprint density at radius 3 is 2.57 bits per heavy atom. The van der Waals surface area contributed by atoms with Crippen LogP contribution < -0.4 is 0 Å². The molecule has 1 saturated heterocycles. The van der Waals surface area contributed by atoms with Gasteiger partial charge in [-0.15, -0.1) is 0 Å². The van der Waals surface area contributed by atoms with Gasteiger partial charge in [0.2, 0.25) is 0 Å². The van der Waals surface area contributed by atoms with Crippen molar-refractivity contribution in [3.8, 4) is 0 Å².